The summed E-state index contributed by atoms with van der Waals surface area (Å²) in [5.41, 5.74) is 0.767. The van der Waals surface area contributed by atoms with Crippen molar-refractivity contribution in [2.75, 3.05) is 7.11 Å². The number of methoxy groups -OCH3 is 1. The molecule has 4 heteroatoms. The molecule has 0 bridgehead atoms. The average Bonchev–Trinajstić information content (AvgIpc) is 2.53. The van der Waals surface area contributed by atoms with Crippen LogP contribution in [0.15, 0.2) is 57.7 Å². The molecule has 0 aliphatic rings. The van der Waals surface area contributed by atoms with Gasteiger partial charge in [-0.25, -0.2) is 4.39 Å². The minimum atomic E-state index is -0.338. The second-order valence-electron chi connectivity index (χ2n) is 5.10. The zero-order chi connectivity index (χ0) is 15.3. The fourth-order valence-corrected chi connectivity index (χ4v) is 2.75. The number of benzene rings is 3. The molecular weight excluding hydrogens is 283 g/mol. The molecule has 0 aliphatic heterocycles. The molecule has 0 atom stereocenters. The summed E-state index contributed by atoms with van der Waals surface area (Å²) in [5.74, 6) is 0.127. The van der Waals surface area contributed by atoms with Crippen molar-refractivity contribution in [3.63, 3.8) is 0 Å². The van der Waals surface area contributed by atoms with Crippen molar-refractivity contribution in [2.24, 2.45) is 0 Å². The number of hydrogen-bond acceptors (Lipinski definition) is 3. The molecule has 1 aromatic heterocycles. The Kier molecular flexibility index (Phi) is 2.66. The molecule has 0 spiro atoms. The van der Waals surface area contributed by atoms with E-state index in [4.69, 9.17) is 9.15 Å². The lowest BCUT2D eigenvalue weighted by Gasteiger charge is -2.07. The van der Waals surface area contributed by atoms with E-state index in [1.165, 1.54) is 19.2 Å². The molecule has 4 aromatic rings. The summed E-state index contributed by atoms with van der Waals surface area (Å²) < 4.78 is 24.5. The maximum Gasteiger partial charge on any atom is 0.204 e. The van der Waals surface area contributed by atoms with Gasteiger partial charge in [-0.05, 0) is 47.2 Å². The van der Waals surface area contributed by atoms with Crippen molar-refractivity contribution in [3.8, 4) is 5.75 Å². The Morgan fingerprint density at radius 2 is 1.86 bits per heavy atom. The van der Waals surface area contributed by atoms with Crippen LogP contribution in [0.25, 0.3) is 32.7 Å². The van der Waals surface area contributed by atoms with Crippen molar-refractivity contribution in [1.29, 1.82) is 0 Å². The molecule has 0 saturated heterocycles. The lowest BCUT2D eigenvalue weighted by atomic mass is 10.1. The summed E-state index contributed by atoms with van der Waals surface area (Å²) in [7, 11) is 1.51. The first kappa shape index (κ1) is 12.8. The molecule has 3 aromatic carbocycles. The first-order valence-corrected chi connectivity index (χ1v) is 6.80. The van der Waals surface area contributed by atoms with Crippen molar-refractivity contribution in [3.05, 3.63) is 64.6 Å². The molecular formula is C18H11FO3. The maximum absolute atomic E-state index is 13.4. The molecule has 0 saturated carbocycles. The van der Waals surface area contributed by atoms with E-state index in [-0.39, 0.29) is 11.2 Å². The van der Waals surface area contributed by atoms with E-state index in [0.29, 0.717) is 33.1 Å². The Morgan fingerprint density at radius 1 is 1.00 bits per heavy atom. The summed E-state index contributed by atoms with van der Waals surface area (Å²) in [6.45, 7) is 0. The highest BCUT2D eigenvalue weighted by Gasteiger charge is 2.13. The monoisotopic (exact) mass is 294 g/mol. The van der Waals surface area contributed by atoms with Crippen molar-refractivity contribution in [2.45, 2.75) is 0 Å². The van der Waals surface area contributed by atoms with E-state index in [1.807, 2.05) is 0 Å². The fraction of sp³-hybridized carbons (Fsp3) is 0.0556. The van der Waals surface area contributed by atoms with Gasteiger partial charge in [-0.1, -0.05) is 12.1 Å². The molecule has 0 N–H and O–H groups in total. The summed E-state index contributed by atoms with van der Waals surface area (Å²) >= 11 is 0. The zero-order valence-corrected chi connectivity index (χ0v) is 11.7. The Labute approximate surface area is 124 Å². The summed E-state index contributed by atoms with van der Waals surface area (Å²) in [6.07, 6.45) is 0. The van der Waals surface area contributed by atoms with Gasteiger partial charge >= 0.3 is 0 Å². The van der Waals surface area contributed by atoms with Crippen LogP contribution < -0.4 is 10.2 Å². The van der Waals surface area contributed by atoms with Gasteiger partial charge in [0.25, 0.3) is 0 Å². The van der Waals surface area contributed by atoms with Gasteiger partial charge in [0.15, 0.2) is 0 Å². The highest BCUT2D eigenvalue weighted by molar-refractivity contribution is 6.00. The first-order chi connectivity index (χ1) is 10.7. The number of ether oxygens (including phenoxy) is 1. The molecule has 0 amide bonds. The van der Waals surface area contributed by atoms with Crippen LogP contribution in [0.2, 0.25) is 0 Å². The zero-order valence-electron chi connectivity index (χ0n) is 11.7. The van der Waals surface area contributed by atoms with Gasteiger partial charge in [0, 0.05) is 0 Å². The fourth-order valence-electron chi connectivity index (χ4n) is 2.75. The summed E-state index contributed by atoms with van der Waals surface area (Å²) in [4.78, 5) is 12.8. The van der Waals surface area contributed by atoms with Crippen LogP contribution in [0.1, 0.15) is 0 Å². The minimum absolute atomic E-state index is 0.181. The van der Waals surface area contributed by atoms with Gasteiger partial charge in [0.05, 0.1) is 12.5 Å². The average molecular weight is 294 g/mol. The lowest BCUT2D eigenvalue weighted by molar-refractivity contribution is 0.419. The number of rotatable bonds is 1. The predicted molar refractivity (Wildman–Crippen MR) is 84.0 cm³/mol. The summed E-state index contributed by atoms with van der Waals surface area (Å²) in [6, 6.07) is 13.1. The smallest absolute Gasteiger partial charge is 0.204 e. The second-order valence-corrected chi connectivity index (χ2v) is 5.10. The largest absolute Gasteiger partial charge is 0.496 e. The molecule has 0 aliphatic carbocycles. The van der Waals surface area contributed by atoms with Crippen molar-refractivity contribution < 1.29 is 13.5 Å². The van der Waals surface area contributed by atoms with E-state index in [1.54, 1.807) is 36.4 Å². The molecule has 4 rings (SSSR count). The number of hydrogen-bond donors (Lipinski definition) is 0. The van der Waals surface area contributed by atoms with Crippen molar-refractivity contribution >= 4 is 32.7 Å². The van der Waals surface area contributed by atoms with Crippen LogP contribution in [0.3, 0.4) is 0 Å². The number of fused-ring (bicyclic) bond motifs is 3. The van der Waals surface area contributed by atoms with Gasteiger partial charge in [-0.3, -0.25) is 4.79 Å². The Balaban J connectivity index is 2.22. The van der Waals surface area contributed by atoms with E-state index in [9.17, 15) is 9.18 Å². The third-order valence-corrected chi connectivity index (χ3v) is 3.80. The minimum Gasteiger partial charge on any atom is -0.496 e. The molecule has 0 radical (unpaired) electrons. The molecule has 0 unspecified atom stereocenters. The highest BCUT2D eigenvalue weighted by atomic mass is 19.1. The van der Waals surface area contributed by atoms with Crippen LogP contribution in [0.5, 0.6) is 5.75 Å². The van der Waals surface area contributed by atoms with Crippen LogP contribution in [0, 0.1) is 5.82 Å². The Hall–Kier alpha value is -2.88. The molecule has 1 heterocycles. The second kappa shape index (κ2) is 4.56. The van der Waals surface area contributed by atoms with E-state index in [2.05, 4.69) is 0 Å². The van der Waals surface area contributed by atoms with E-state index in [0.717, 1.165) is 5.39 Å². The Bertz CT molecular complexity index is 1100. The van der Waals surface area contributed by atoms with Gasteiger partial charge in [-0.15, -0.1) is 0 Å². The standard InChI is InChI=1S/C18H11FO3/c1-21-14-3-2-4-15-17(14)18(20)13-8-11-7-12(19)6-5-10(11)9-16(13)22-15/h2-9H,1H3. The quantitative estimate of drug-likeness (QED) is 0.493. The van der Waals surface area contributed by atoms with Crippen LogP contribution in [-0.4, -0.2) is 7.11 Å². The maximum atomic E-state index is 13.4. The van der Waals surface area contributed by atoms with Crippen LogP contribution >= 0.6 is 0 Å². The van der Waals surface area contributed by atoms with Crippen molar-refractivity contribution in [1.82, 2.24) is 0 Å². The van der Waals surface area contributed by atoms with Gasteiger partial charge < -0.3 is 9.15 Å². The normalized spacial score (nSPS) is 11.4. The Morgan fingerprint density at radius 3 is 2.68 bits per heavy atom. The molecule has 108 valence electrons. The molecule has 3 nitrogen and oxygen atoms in total. The SMILES string of the molecule is COc1cccc2oc3cc4ccc(F)cc4cc3c(=O)c12. The third kappa shape index (κ3) is 1.77. The third-order valence-electron chi connectivity index (χ3n) is 3.80. The van der Waals surface area contributed by atoms with Crippen LogP contribution in [-0.2, 0) is 0 Å². The summed E-state index contributed by atoms with van der Waals surface area (Å²) in [5, 5.41) is 2.29. The first-order valence-electron chi connectivity index (χ1n) is 6.80. The highest BCUT2D eigenvalue weighted by Crippen LogP contribution is 2.28. The van der Waals surface area contributed by atoms with Crippen LogP contribution in [0.4, 0.5) is 4.39 Å². The van der Waals surface area contributed by atoms with E-state index >= 15 is 0 Å². The predicted octanol–water partition coefficient (Wildman–Crippen LogP) is 4.25. The number of halogens is 1. The van der Waals surface area contributed by atoms with Gasteiger partial charge in [0.2, 0.25) is 5.43 Å². The topological polar surface area (TPSA) is 39.4 Å². The van der Waals surface area contributed by atoms with Gasteiger partial charge in [-0.2, -0.15) is 0 Å². The molecule has 0 fully saturated rings. The molecule has 22 heavy (non-hydrogen) atoms. The van der Waals surface area contributed by atoms with E-state index < -0.39 is 0 Å². The lowest BCUT2D eigenvalue weighted by Crippen LogP contribution is -2.04. The van der Waals surface area contributed by atoms with Gasteiger partial charge in [0.1, 0.15) is 28.1 Å².